The van der Waals surface area contributed by atoms with Crippen molar-refractivity contribution < 1.29 is 33.4 Å². The molecule has 0 aliphatic heterocycles. The Labute approximate surface area is 212 Å². The van der Waals surface area contributed by atoms with E-state index in [4.69, 9.17) is 13.9 Å². The number of aliphatic hydroxyl groups is 1. The zero-order valence-corrected chi connectivity index (χ0v) is 21.9. The first-order valence-corrected chi connectivity index (χ1v) is 12.4. The van der Waals surface area contributed by atoms with Crippen molar-refractivity contribution in [3.63, 3.8) is 0 Å². The maximum absolute atomic E-state index is 13.0. The van der Waals surface area contributed by atoms with Gasteiger partial charge >= 0.3 is 11.9 Å². The lowest BCUT2D eigenvalue weighted by Gasteiger charge is -2.57. The number of ketones is 1. The molecule has 194 valence electrons. The van der Waals surface area contributed by atoms with Crippen molar-refractivity contribution in [1.29, 1.82) is 0 Å². The second kappa shape index (κ2) is 8.87. The van der Waals surface area contributed by atoms with Gasteiger partial charge in [0.15, 0.2) is 5.78 Å². The highest BCUT2D eigenvalue weighted by Crippen LogP contribution is 2.64. The number of esters is 2. The lowest BCUT2D eigenvalue weighted by molar-refractivity contribution is -0.175. The van der Waals surface area contributed by atoms with Gasteiger partial charge in [0, 0.05) is 35.0 Å². The number of hydrogen-bond acceptors (Lipinski definition) is 7. The molecule has 7 atom stereocenters. The summed E-state index contributed by atoms with van der Waals surface area (Å²) in [5.41, 5.74) is 0.0980. The number of fused-ring (bicyclic) bond motifs is 1. The Hall–Kier alpha value is -2.93. The molecule has 7 nitrogen and oxygen atoms in total. The minimum absolute atomic E-state index is 0.00327. The first kappa shape index (κ1) is 26.1. The van der Waals surface area contributed by atoms with Crippen LogP contribution in [-0.4, -0.2) is 42.1 Å². The fourth-order valence-electron chi connectivity index (χ4n) is 7.21. The van der Waals surface area contributed by atoms with E-state index < -0.39 is 52.2 Å². The minimum Gasteiger partial charge on any atom is -0.472 e. The maximum atomic E-state index is 13.0. The van der Waals surface area contributed by atoms with Gasteiger partial charge in [-0.1, -0.05) is 46.4 Å². The molecule has 7 heteroatoms. The molecule has 36 heavy (non-hydrogen) atoms. The van der Waals surface area contributed by atoms with Crippen LogP contribution >= 0.6 is 0 Å². The topological polar surface area (TPSA) is 103 Å². The molecular weight excluding hydrogens is 460 g/mol. The van der Waals surface area contributed by atoms with Gasteiger partial charge in [0.1, 0.15) is 12.2 Å². The van der Waals surface area contributed by atoms with Gasteiger partial charge in [-0.15, -0.1) is 0 Å². The van der Waals surface area contributed by atoms with E-state index in [0.717, 1.165) is 16.7 Å². The van der Waals surface area contributed by atoms with E-state index in [1.165, 1.54) is 14.0 Å². The van der Waals surface area contributed by atoms with Crippen LogP contribution in [0.5, 0.6) is 0 Å². The predicted molar refractivity (Wildman–Crippen MR) is 133 cm³/mol. The number of hydrogen-bond donors (Lipinski definition) is 1. The molecule has 0 spiro atoms. The molecule has 0 radical (unpaired) electrons. The number of carbonyl (C=O) groups is 3. The number of aliphatic hydroxyl groups excluding tert-OH is 1. The minimum atomic E-state index is -1.06. The van der Waals surface area contributed by atoms with Crippen LogP contribution in [0.25, 0.3) is 0 Å². The Morgan fingerprint density at radius 3 is 2.53 bits per heavy atom. The van der Waals surface area contributed by atoms with Crippen LogP contribution in [0.3, 0.4) is 0 Å². The molecule has 0 amide bonds. The molecule has 1 saturated carbocycles. The largest absolute Gasteiger partial charge is 0.472 e. The van der Waals surface area contributed by atoms with Gasteiger partial charge in [0.25, 0.3) is 0 Å². The van der Waals surface area contributed by atoms with E-state index >= 15 is 0 Å². The summed E-state index contributed by atoms with van der Waals surface area (Å²) in [5, 5.41) is 12.0. The van der Waals surface area contributed by atoms with Gasteiger partial charge in [0.2, 0.25) is 0 Å². The Balaban J connectivity index is 1.87. The fraction of sp³-hybridized carbons (Fsp3) is 0.552. The number of furan rings is 1. The third kappa shape index (κ3) is 3.71. The lowest BCUT2D eigenvalue weighted by Crippen LogP contribution is -2.60. The van der Waals surface area contributed by atoms with E-state index in [1.807, 2.05) is 33.8 Å². The molecule has 1 fully saturated rings. The maximum Gasteiger partial charge on any atom is 0.305 e. The summed E-state index contributed by atoms with van der Waals surface area (Å²) in [6.45, 7) is 13.4. The Morgan fingerprint density at radius 2 is 1.94 bits per heavy atom. The summed E-state index contributed by atoms with van der Waals surface area (Å²) in [4.78, 5) is 37.8. The van der Waals surface area contributed by atoms with Gasteiger partial charge in [0.05, 0.1) is 26.1 Å². The van der Waals surface area contributed by atoms with Crippen LogP contribution in [0.15, 0.2) is 59.0 Å². The first-order chi connectivity index (χ1) is 16.8. The van der Waals surface area contributed by atoms with Crippen molar-refractivity contribution in [2.45, 2.75) is 65.6 Å². The molecule has 1 heterocycles. The molecule has 0 aromatic carbocycles. The smallest absolute Gasteiger partial charge is 0.305 e. The average Bonchev–Trinajstić information content (AvgIpc) is 3.46. The molecule has 1 aromatic rings. The third-order valence-electron chi connectivity index (χ3n) is 9.20. The Morgan fingerprint density at radius 1 is 1.25 bits per heavy atom. The summed E-state index contributed by atoms with van der Waals surface area (Å²) < 4.78 is 16.2. The predicted octanol–water partition coefficient (Wildman–Crippen LogP) is 4.53. The zero-order chi connectivity index (χ0) is 26.6. The summed E-state index contributed by atoms with van der Waals surface area (Å²) in [7, 11) is 1.32. The van der Waals surface area contributed by atoms with Crippen molar-refractivity contribution >= 4 is 17.7 Å². The normalized spacial score (nSPS) is 37.3. The number of ether oxygens (including phenoxy) is 2. The van der Waals surface area contributed by atoms with E-state index in [2.05, 4.69) is 12.7 Å². The SMILES string of the molecule is C=C1C2=CC[C@@H](c3ccoc3)[C@]2(C)[C@@H](O)[C@H](OC(C)=O)C1[C@@]1(C)C=CC(=O)C(C)(C)[C@@H]1CC(=O)OC. The Bertz CT molecular complexity index is 1140. The van der Waals surface area contributed by atoms with Gasteiger partial charge in [-0.3, -0.25) is 14.4 Å². The highest BCUT2D eigenvalue weighted by Gasteiger charge is 2.64. The molecular formula is C29H36O7. The Kier molecular flexibility index (Phi) is 6.44. The highest BCUT2D eigenvalue weighted by molar-refractivity contribution is 5.96. The molecule has 3 aliphatic rings. The second-order valence-electron chi connectivity index (χ2n) is 11.4. The molecule has 4 rings (SSSR count). The van der Waals surface area contributed by atoms with Crippen LogP contribution in [0, 0.1) is 28.1 Å². The number of allylic oxidation sites excluding steroid dienone is 3. The summed E-state index contributed by atoms with van der Waals surface area (Å²) in [6.07, 6.45) is 7.40. The van der Waals surface area contributed by atoms with Gasteiger partial charge in [-0.2, -0.15) is 0 Å². The van der Waals surface area contributed by atoms with Crippen LogP contribution < -0.4 is 0 Å². The van der Waals surface area contributed by atoms with Gasteiger partial charge in [-0.05, 0) is 41.2 Å². The molecule has 0 saturated heterocycles. The van der Waals surface area contributed by atoms with Crippen molar-refractivity contribution in [3.05, 3.63) is 60.1 Å². The molecule has 0 bridgehead atoms. The molecule has 1 aromatic heterocycles. The van der Waals surface area contributed by atoms with Gasteiger partial charge in [-0.25, -0.2) is 0 Å². The number of rotatable bonds is 5. The summed E-state index contributed by atoms with van der Waals surface area (Å²) in [6, 6.07) is 1.89. The standard InChI is InChI=1S/C29H36O7/c1-16-19-8-9-20(18-11-13-35-15-18)29(19,6)26(33)25(36-17(2)30)24(16)28(5)12-10-22(31)27(3,4)21(28)14-23(32)34-7/h8,10-13,15,20-21,24-26,33H,1,9,14H2,2-7H3/t20-,21-,24?,25+,26-,28-,29+/m0/s1. The van der Waals surface area contributed by atoms with E-state index in [0.29, 0.717) is 6.42 Å². The zero-order valence-electron chi connectivity index (χ0n) is 21.9. The highest BCUT2D eigenvalue weighted by atomic mass is 16.6. The van der Waals surface area contributed by atoms with Crippen molar-refractivity contribution in [3.8, 4) is 0 Å². The van der Waals surface area contributed by atoms with Crippen LogP contribution in [0.1, 0.15) is 58.9 Å². The van der Waals surface area contributed by atoms with Crippen LogP contribution in [0.4, 0.5) is 0 Å². The molecule has 1 unspecified atom stereocenters. The van der Waals surface area contributed by atoms with Gasteiger partial charge < -0.3 is 19.0 Å². The number of methoxy groups -OCH3 is 1. The quantitative estimate of drug-likeness (QED) is 0.598. The van der Waals surface area contributed by atoms with E-state index in [-0.39, 0.29) is 18.1 Å². The monoisotopic (exact) mass is 496 g/mol. The first-order valence-electron chi connectivity index (χ1n) is 12.4. The molecule has 3 aliphatic carbocycles. The van der Waals surface area contributed by atoms with Crippen molar-refractivity contribution in [2.24, 2.45) is 28.1 Å². The van der Waals surface area contributed by atoms with E-state index in [1.54, 1.807) is 24.7 Å². The average molecular weight is 497 g/mol. The van der Waals surface area contributed by atoms with Crippen LogP contribution in [-0.2, 0) is 23.9 Å². The summed E-state index contributed by atoms with van der Waals surface area (Å²) in [5.74, 6) is -2.19. The summed E-state index contributed by atoms with van der Waals surface area (Å²) >= 11 is 0. The van der Waals surface area contributed by atoms with Crippen molar-refractivity contribution in [2.75, 3.05) is 7.11 Å². The fourth-order valence-corrected chi connectivity index (χ4v) is 7.21. The van der Waals surface area contributed by atoms with E-state index in [9.17, 15) is 19.5 Å². The second-order valence-corrected chi connectivity index (χ2v) is 11.4. The number of carbonyl (C=O) groups excluding carboxylic acids is 3. The lowest BCUT2D eigenvalue weighted by atomic mass is 9.47. The third-order valence-corrected chi connectivity index (χ3v) is 9.20. The molecule has 1 N–H and O–H groups in total. The van der Waals surface area contributed by atoms with Crippen molar-refractivity contribution in [1.82, 2.24) is 0 Å². The van der Waals surface area contributed by atoms with Crippen LogP contribution in [0.2, 0.25) is 0 Å².